The van der Waals surface area contributed by atoms with Crippen LogP contribution in [0.25, 0.3) is 5.65 Å². The van der Waals surface area contributed by atoms with Gasteiger partial charge in [-0.25, -0.2) is 8.42 Å². The first-order valence-corrected chi connectivity index (χ1v) is 10.4. The molecular weight excluding hydrogens is 430 g/mol. The second-order valence-electron chi connectivity index (χ2n) is 6.44. The molecule has 2 aromatic carbocycles. The van der Waals surface area contributed by atoms with Gasteiger partial charge in [-0.3, -0.25) is 14.9 Å². The van der Waals surface area contributed by atoms with Gasteiger partial charge in [0.1, 0.15) is 5.15 Å². The number of nitrogens with zero attached hydrogens (tertiary/aromatic N) is 4. The van der Waals surface area contributed by atoms with Crippen LogP contribution in [-0.4, -0.2) is 39.9 Å². The molecule has 0 aliphatic carbocycles. The molecule has 0 spiro atoms. The minimum Gasteiger partial charge on any atom is -0.289 e. The summed E-state index contributed by atoms with van der Waals surface area (Å²) >= 11 is 5.87. The Morgan fingerprint density at radius 1 is 0.967 bits per heavy atom. The Labute approximate surface area is 174 Å². The SMILES string of the molecule is O=C(Nc1nnc2ccc(Cl)nn12)c1ccc2c(c1)S(=O)(=O)c1ccccc1C2=O. The van der Waals surface area contributed by atoms with Gasteiger partial charge in [-0.15, -0.1) is 10.2 Å². The minimum atomic E-state index is -3.96. The van der Waals surface area contributed by atoms with Crippen LogP contribution < -0.4 is 5.32 Å². The molecule has 0 saturated carbocycles. The number of rotatable bonds is 2. The molecule has 1 aliphatic heterocycles. The minimum absolute atomic E-state index is 0.0134. The monoisotopic (exact) mass is 439 g/mol. The smallest absolute Gasteiger partial charge is 0.258 e. The van der Waals surface area contributed by atoms with E-state index >= 15 is 0 Å². The third kappa shape index (κ3) is 2.69. The predicted octanol–water partition coefficient (Wildman–Crippen LogP) is 2.41. The highest BCUT2D eigenvalue weighted by Gasteiger charge is 2.35. The second-order valence-corrected chi connectivity index (χ2v) is 8.72. The van der Waals surface area contributed by atoms with Gasteiger partial charge in [0.25, 0.3) is 11.9 Å². The van der Waals surface area contributed by atoms with E-state index < -0.39 is 21.5 Å². The Morgan fingerprint density at radius 3 is 2.57 bits per heavy atom. The summed E-state index contributed by atoms with van der Waals surface area (Å²) in [6.45, 7) is 0. The number of fused-ring (bicyclic) bond motifs is 3. The van der Waals surface area contributed by atoms with Gasteiger partial charge in [0.2, 0.25) is 9.84 Å². The largest absolute Gasteiger partial charge is 0.289 e. The molecule has 2 aromatic heterocycles. The van der Waals surface area contributed by atoms with Crippen LogP contribution in [0.1, 0.15) is 26.3 Å². The number of sulfone groups is 1. The van der Waals surface area contributed by atoms with Gasteiger partial charge in [-0.05, 0) is 42.5 Å². The highest BCUT2D eigenvalue weighted by molar-refractivity contribution is 7.91. The van der Waals surface area contributed by atoms with Crippen LogP contribution in [0.5, 0.6) is 0 Å². The number of nitrogens with one attached hydrogen (secondary N) is 1. The van der Waals surface area contributed by atoms with Crippen molar-refractivity contribution in [2.24, 2.45) is 0 Å². The summed E-state index contributed by atoms with van der Waals surface area (Å²) in [5.74, 6) is -1.04. The molecule has 148 valence electrons. The van der Waals surface area contributed by atoms with E-state index in [0.29, 0.717) is 5.65 Å². The van der Waals surface area contributed by atoms with Gasteiger partial charge in [-0.1, -0.05) is 23.7 Å². The molecule has 5 rings (SSSR count). The average Bonchev–Trinajstić information content (AvgIpc) is 3.13. The van der Waals surface area contributed by atoms with Crippen molar-refractivity contribution in [3.05, 3.63) is 76.4 Å². The second kappa shape index (κ2) is 6.44. The molecule has 0 atom stereocenters. The average molecular weight is 440 g/mol. The van der Waals surface area contributed by atoms with E-state index in [1.165, 1.54) is 40.9 Å². The van der Waals surface area contributed by atoms with Crippen molar-refractivity contribution in [2.75, 3.05) is 5.32 Å². The first kappa shape index (κ1) is 18.4. The number of benzene rings is 2. The Hall–Kier alpha value is -3.63. The third-order valence-corrected chi connectivity index (χ3v) is 6.71. The van der Waals surface area contributed by atoms with Crippen molar-refractivity contribution in [1.29, 1.82) is 0 Å². The summed E-state index contributed by atoms with van der Waals surface area (Å²) < 4.78 is 27.3. The van der Waals surface area contributed by atoms with Crippen LogP contribution in [-0.2, 0) is 9.84 Å². The fraction of sp³-hybridized carbons (Fsp3) is 0. The number of hydrogen-bond acceptors (Lipinski definition) is 7. The maximum atomic E-state index is 13.0. The Kier molecular flexibility index (Phi) is 3.95. The summed E-state index contributed by atoms with van der Waals surface area (Å²) in [4.78, 5) is 25.1. The molecule has 0 bridgehead atoms. The van der Waals surface area contributed by atoms with Crippen LogP contribution >= 0.6 is 11.6 Å². The van der Waals surface area contributed by atoms with Gasteiger partial charge in [-0.2, -0.15) is 9.61 Å². The van der Waals surface area contributed by atoms with Crippen molar-refractivity contribution in [1.82, 2.24) is 19.8 Å². The molecular formula is C19H10ClN5O4S. The van der Waals surface area contributed by atoms with Crippen LogP contribution in [0.2, 0.25) is 5.15 Å². The lowest BCUT2D eigenvalue weighted by Crippen LogP contribution is -2.22. The Morgan fingerprint density at radius 2 is 1.73 bits per heavy atom. The molecule has 0 unspecified atom stereocenters. The summed E-state index contributed by atoms with van der Waals surface area (Å²) in [6, 6.07) is 13.0. The number of aromatic nitrogens is 4. The first-order valence-electron chi connectivity index (χ1n) is 8.58. The van der Waals surface area contributed by atoms with Crippen molar-refractivity contribution < 1.29 is 18.0 Å². The first-order chi connectivity index (χ1) is 14.4. The third-order valence-electron chi connectivity index (χ3n) is 4.65. The number of anilines is 1. The number of carbonyl (C=O) groups excluding carboxylic acids is 2. The summed E-state index contributed by atoms with van der Waals surface area (Å²) in [5, 5.41) is 14.4. The van der Waals surface area contributed by atoms with Crippen molar-refractivity contribution >= 4 is 44.7 Å². The number of amides is 1. The zero-order chi connectivity index (χ0) is 21.0. The maximum absolute atomic E-state index is 13.0. The predicted molar refractivity (Wildman–Crippen MR) is 106 cm³/mol. The van der Waals surface area contributed by atoms with E-state index in [1.807, 2.05) is 0 Å². The molecule has 4 aromatic rings. The lowest BCUT2D eigenvalue weighted by atomic mass is 10.0. The van der Waals surface area contributed by atoms with E-state index in [4.69, 9.17) is 11.6 Å². The van der Waals surface area contributed by atoms with E-state index in [1.54, 1.807) is 18.2 Å². The highest BCUT2D eigenvalue weighted by atomic mass is 35.5. The zero-order valence-electron chi connectivity index (χ0n) is 14.9. The van der Waals surface area contributed by atoms with Gasteiger partial charge in [0, 0.05) is 16.7 Å². The van der Waals surface area contributed by atoms with E-state index in [9.17, 15) is 18.0 Å². The molecule has 0 radical (unpaired) electrons. The van der Waals surface area contributed by atoms with Crippen molar-refractivity contribution in [3.8, 4) is 0 Å². The fourth-order valence-electron chi connectivity index (χ4n) is 3.24. The van der Waals surface area contributed by atoms with E-state index in [2.05, 4.69) is 20.6 Å². The molecule has 3 heterocycles. The number of carbonyl (C=O) groups is 2. The molecule has 1 aliphatic rings. The quantitative estimate of drug-likeness (QED) is 0.448. The Balaban J connectivity index is 1.56. The van der Waals surface area contributed by atoms with Gasteiger partial charge in [0.15, 0.2) is 11.4 Å². The molecule has 0 fully saturated rings. The molecule has 1 amide bonds. The summed E-state index contributed by atoms with van der Waals surface area (Å²) in [5.41, 5.74) is 0.528. The molecule has 11 heteroatoms. The van der Waals surface area contributed by atoms with Crippen LogP contribution in [0.15, 0.2) is 64.4 Å². The van der Waals surface area contributed by atoms with Crippen LogP contribution in [0.3, 0.4) is 0 Å². The van der Waals surface area contributed by atoms with Crippen LogP contribution in [0, 0.1) is 0 Å². The van der Waals surface area contributed by atoms with Crippen molar-refractivity contribution in [2.45, 2.75) is 9.79 Å². The van der Waals surface area contributed by atoms with Gasteiger partial charge in [0.05, 0.1) is 9.79 Å². The lowest BCUT2D eigenvalue weighted by Gasteiger charge is -2.19. The number of hydrogen-bond donors (Lipinski definition) is 1. The number of ketones is 1. The fourth-order valence-corrected chi connectivity index (χ4v) is 5.06. The molecule has 1 N–H and O–H groups in total. The van der Waals surface area contributed by atoms with E-state index in [-0.39, 0.29) is 37.6 Å². The topological polar surface area (TPSA) is 123 Å². The lowest BCUT2D eigenvalue weighted by molar-refractivity contribution is 0.101. The zero-order valence-corrected chi connectivity index (χ0v) is 16.5. The molecule has 9 nitrogen and oxygen atoms in total. The highest BCUT2D eigenvalue weighted by Crippen LogP contribution is 2.34. The molecule has 30 heavy (non-hydrogen) atoms. The summed E-state index contributed by atoms with van der Waals surface area (Å²) in [7, 11) is -3.96. The number of halogens is 1. The maximum Gasteiger partial charge on any atom is 0.258 e. The molecule has 0 saturated heterocycles. The van der Waals surface area contributed by atoms with Gasteiger partial charge < -0.3 is 0 Å². The normalized spacial score (nSPS) is 14.2. The van der Waals surface area contributed by atoms with E-state index in [0.717, 1.165) is 0 Å². The standard InChI is InChI=1S/C19H10ClN5O4S/c20-15-7-8-16-22-23-19(25(16)24-15)21-18(27)10-5-6-12-14(9-10)30(28,29)13-4-2-1-3-11(13)17(12)26/h1-9H,(H,21,23,27). The van der Waals surface area contributed by atoms with Crippen molar-refractivity contribution in [3.63, 3.8) is 0 Å². The Bertz CT molecular complexity index is 1500. The van der Waals surface area contributed by atoms with Gasteiger partial charge >= 0.3 is 0 Å². The summed E-state index contributed by atoms with van der Waals surface area (Å²) in [6.07, 6.45) is 0. The van der Waals surface area contributed by atoms with Crippen LogP contribution in [0.4, 0.5) is 5.95 Å².